The summed E-state index contributed by atoms with van der Waals surface area (Å²) in [6.07, 6.45) is 3.25. The van der Waals surface area contributed by atoms with E-state index in [2.05, 4.69) is 15.2 Å². The number of rotatable bonds is 4. The second kappa shape index (κ2) is 8.79. The Labute approximate surface area is 199 Å². The van der Waals surface area contributed by atoms with Gasteiger partial charge in [-0.25, -0.2) is 23.6 Å². The number of carbonyl (C=O) groups is 1. The molecule has 1 saturated heterocycles. The molecule has 2 amide bonds. The molecule has 11 heteroatoms. The van der Waals surface area contributed by atoms with Crippen LogP contribution in [-0.2, 0) is 7.05 Å². The first-order valence-corrected chi connectivity index (χ1v) is 11.0. The minimum absolute atomic E-state index is 0.138. The number of benzene rings is 1. The van der Waals surface area contributed by atoms with Crippen molar-refractivity contribution in [2.45, 2.75) is 25.5 Å². The first kappa shape index (κ1) is 22.5. The van der Waals surface area contributed by atoms with Crippen LogP contribution in [0, 0.1) is 29.9 Å². The predicted octanol–water partition coefficient (Wildman–Crippen LogP) is 3.56. The Bertz CT molecular complexity index is 1360. The zero-order valence-electron chi connectivity index (χ0n) is 19.0. The molecule has 0 N–H and O–H groups in total. The minimum atomic E-state index is -0.595. The second-order valence-electron chi connectivity index (χ2n) is 8.49. The van der Waals surface area contributed by atoms with Crippen molar-refractivity contribution in [2.24, 2.45) is 12.1 Å². The number of pyridine rings is 1. The smallest absolute Gasteiger partial charge is 0.341 e. The van der Waals surface area contributed by atoms with Crippen LogP contribution in [0.3, 0.4) is 0 Å². The van der Waals surface area contributed by atoms with Gasteiger partial charge in [-0.3, -0.25) is 4.68 Å². The number of nitrogens with zero attached hydrogens (tertiary/aromatic N) is 7. The van der Waals surface area contributed by atoms with Gasteiger partial charge >= 0.3 is 6.03 Å². The quantitative estimate of drug-likeness (QED) is 0.572. The molecule has 9 nitrogen and oxygen atoms in total. The molecule has 0 saturated carbocycles. The summed E-state index contributed by atoms with van der Waals surface area (Å²) in [5, 5.41) is 18.7. The number of likely N-dealkylation sites (tertiary alicyclic amines) is 1. The van der Waals surface area contributed by atoms with E-state index in [9.17, 15) is 13.6 Å². The van der Waals surface area contributed by atoms with Gasteiger partial charge in [0.25, 0.3) is 5.88 Å². The molecule has 1 unspecified atom stereocenters. The molecule has 1 aromatic carbocycles. The normalized spacial score (nSPS) is 17.4. The van der Waals surface area contributed by atoms with E-state index in [0.717, 1.165) is 17.3 Å². The van der Waals surface area contributed by atoms with E-state index in [4.69, 9.17) is 10.00 Å². The lowest BCUT2D eigenvalue weighted by Crippen LogP contribution is -2.59. The fraction of sp³-hybridized carbons (Fsp3) is 0.292. The fourth-order valence-corrected chi connectivity index (χ4v) is 4.27. The molecule has 4 heterocycles. The van der Waals surface area contributed by atoms with Gasteiger partial charge < -0.3 is 9.64 Å². The van der Waals surface area contributed by atoms with Gasteiger partial charge in [0.15, 0.2) is 5.82 Å². The molecule has 2 aromatic heterocycles. The van der Waals surface area contributed by atoms with E-state index in [0.29, 0.717) is 17.7 Å². The Morgan fingerprint density at radius 3 is 2.74 bits per heavy atom. The van der Waals surface area contributed by atoms with Crippen LogP contribution >= 0.6 is 0 Å². The van der Waals surface area contributed by atoms with Crippen LogP contribution < -0.4 is 4.74 Å². The third-order valence-corrected chi connectivity index (χ3v) is 6.03. The molecule has 1 atom stereocenters. The maximum Gasteiger partial charge on any atom is 0.341 e. The van der Waals surface area contributed by atoms with E-state index >= 15 is 0 Å². The highest BCUT2D eigenvalue weighted by Crippen LogP contribution is 2.32. The highest BCUT2D eigenvalue weighted by molar-refractivity contribution is 5.79. The molecule has 2 aliphatic heterocycles. The Balaban J connectivity index is 1.25. The van der Waals surface area contributed by atoms with Crippen LogP contribution in [0.4, 0.5) is 13.6 Å². The van der Waals surface area contributed by atoms with Crippen molar-refractivity contribution >= 4 is 12.2 Å². The van der Waals surface area contributed by atoms with Gasteiger partial charge in [-0.1, -0.05) is 0 Å². The van der Waals surface area contributed by atoms with Crippen molar-refractivity contribution in [2.75, 3.05) is 13.1 Å². The second-order valence-corrected chi connectivity index (χ2v) is 8.49. The van der Waals surface area contributed by atoms with Gasteiger partial charge in [0.2, 0.25) is 0 Å². The zero-order valence-corrected chi connectivity index (χ0v) is 19.0. The first-order valence-electron chi connectivity index (χ1n) is 11.0. The molecule has 0 bridgehead atoms. The molecule has 0 spiro atoms. The molecule has 5 rings (SSSR count). The monoisotopic (exact) mass is 477 g/mol. The first-order chi connectivity index (χ1) is 16.8. The number of aryl methyl sites for hydroxylation is 2. The predicted molar refractivity (Wildman–Crippen MR) is 121 cm³/mol. The molecule has 2 aliphatic rings. The van der Waals surface area contributed by atoms with E-state index in [-0.39, 0.29) is 30.6 Å². The van der Waals surface area contributed by atoms with Gasteiger partial charge in [0.1, 0.15) is 11.9 Å². The Kier molecular flexibility index (Phi) is 5.64. The van der Waals surface area contributed by atoms with Gasteiger partial charge in [-0.15, -0.1) is 0 Å². The van der Waals surface area contributed by atoms with Crippen molar-refractivity contribution in [3.8, 4) is 23.3 Å². The summed E-state index contributed by atoms with van der Waals surface area (Å²) in [6, 6.07) is 7.89. The number of carbonyl (C=O) groups excluding carboxylic acids is 1. The Hall–Kier alpha value is -4.33. The van der Waals surface area contributed by atoms with Crippen molar-refractivity contribution < 1.29 is 18.3 Å². The number of urea groups is 1. The molecule has 0 aliphatic carbocycles. The summed E-state index contributed by atoms with van der Waals surface area (Å²) in [7, 11) is 1.78. The number of hydrogen-bond acceptors (Lipinski definition) is 6. The zero-order chi connectivity index (χ0) is 24.7. The summed E-state index contributed by atoms with van der Waals surface area (Å²) in [6.45, 7) is 2.34. The molecule has 35 heavy (non-hydrogen) atoms. The standard InChI is InChI=1S/C24H21F2N7O2/c1-14-11-29-31(2)22(14)20-4-3-19(26)23(30-20)35-18-12-32(13-18)24(34)33-21(5-6-28-33)16-7-15(10-27)8-17(25)9-16/h3-4,6-9,11,18,21H,5,12-13H2,1-2H3. The highest BCUT2D eigenvalue weighted by Gasteiger charge is 2.39. The number of hydrogen-bond donors (Lipinski definition) is 0. The summed E-state index contributed by atoms with van der Waals surface area (Å²) in [4.78, 5) is 18.9. The lowest BCUT2D eigenvalue weighted by molar-refractivity contribution is 0.0231. The molecule has 0 radical (unpaired) electrons. The van der Waals surface area contributed by atoms with E-state index in [1.165, 1.54) is 22.0 Å². The number of aromatic nitrogens is 3. The molecule has 3 aromatic rings. The van der Waals surface area contributed by atoms with Crippen LogP contribution in [-0.4, -0.2) is 56.1 Å². The molecular formula is C24H21F2N7O2. The van der Waals surface area contributed by atoms with Crippen LogP contribution in [0.25, 0.3) is 11.4 Å². The number of amides is 2. The number of nitriles is 1. The van der Waals surface area contributed by atoms with Gasteiger partial charge in [0, 0.05) is 19.7 Å². The van der Waals surface area contributed by atoms with Gasteiger partial charge in [-0.05, 0) is 48.4 Å². The fourth-order valence-electron chi connectivity index (χ4n) is 4.27. The number of halogens is 2. The van der Waals surface area contributed by atoms with Crippen molar-refractivity contribution in [1.82, 2.24) is 24.7 Å². The van der Waals surface area contributed by atoms with Crippen LogP contribution in [0.1, 0.15) is 29.2 Å². The Morgan fingerprint density at radius 2 is 2.03 bits per heavy atom. The Morgan fingerprint density at radius 1 is 1.23 bits per heavy atom. The van der Waals surface area contributed by atoms with E-state index < -0.39 is 23.8 Å². The van der Waals surface area contributed by atoms with Gasteiger partial charge in [-0.2, -0.15) is 15.5 Å². The number of ether oxygens (including phenoxy) is 1. The molecule has 1 fully saturated rings. The number of hydrazone groups is 1. The maximum absolute atomic E-state index is 14.4. The SMILES string of the molecule is Cc1cnn(C)c1-c1ccc(F)c(OC2CN(C(=O)N3N=CCC3c3cc(F)cc(C#N)c3)C2)n1. The summed E-state index contributed by atoms with van der Waals surface area (Å²) in [5.41, 5.74) is 2.87. The van der Waals surface area contributed by atoms with Crippen LogP contribution in [0.2, 0.25) is 0 Å². The highest BCUT2D eigenvalue weighted by atomic mass is 19.1. The van der Waals surface area contributed by atoms with Crippen molar-refractivity contribution in [3.05, 3.63) is 64.9 Å². The van der Waals surface area contributed by atoms with Crippen LogP contribution in [0.5, 0.6) is 5.88 Å². The van der Waals surface area contributed by atoms with Crippen molar-refractivity contribution in [1.29, 1.82) is 5.26 Å². The largest absolute Gasteiger partial charge is 0.468 e. The molecular weight excluding hydrogens is 456 g/mol. The maximum atomic E-state index is 14.4. The third kappa shape index (κ3) is 4.19. The lowest BCUT2D eigenvalue weighted by atomic mass is 10.0. The van der Waals surface area contributed by atoms with E-state index in [1.54, 1.807) is 36.3 Å². The molecule has 178 valence electrons. The van der Waals surface area contributed by atoms with Crippen molar-refractivity contribution in [3.63, 3.8) is 0 Å². The summed E-state index contributed by atoms with van der Waals surface area (Å²) in [5.74, 6) is -1.28. The lowest BCUT2D eigenvalue weighted by Gasteiger charge is -2.40. The summed E-state index contributed by atoms with van der Waals surface area (Å²) < 4.78 is 35.7. The minimum Gasteiger partial charge on any atom is -0.468 e. The third-order valence-electron chi connectivity index (χ3n) is 6.03. The van der Waals surface area contributed by atoms with Gasteiger partial charge in [0.05, 0.1) is 48.3 Å². The van der Waals surface area contributed by atoms with E-state index in [1.807, 2.05) is 13.0 Å². The topological polar surface area (TPSA) is 99.6 Å². The summed E-state index contributed by atoms with van der Waals surface area (Å²) >= 11 is 0. The average Bonchev–Trinajstić information content (AvgIpc) is 3.43. The average molecular weight is 477 g/mol. The van der Waals surface area contributed by atoms with Crippen LogP contribution in [0.15, 0.2) is 41.6 Å².